The number of likely N-dealkylation sites (tertiary alicyclic amines) is 1. The highest BCUT2D eigenvalue weighted by Gasteiger charge is 2.38. The van der Waals surface area contributed by atoms with E-state index in [1.165, 1.54) is 7.11 Å². The van der Waals surface area contributed by atoms with Crippen molar-refractivity contribution in [3.8, 4) is 11.4 Å². The fourth-order valence-corrected chi connectivity index (χ4v) is 4.33. The molecule has 33 heavy (non-hydrogen) atoms. The monoisotopic (exact) mass is 447 g/mol. The predicted molar refractivity (Wildman–Crippen MR) is 126 cm³/mol. The minimum atomic E-state index is -0.629. The van der Waals surface area contributed by atoms with Gasteiger partial charge in [-0.3, -0.25) is 19.8 Å². The maximum Gasteiger partial charge on any atom is 0.407 e. The van der Waals surface area contributed by atoms with Crippen LogP contribution >= 0.6 is 0 Å². The third-order valence-electron chi connectivity index (χ3n) is 6.13. The molecule has 2 aliphatic heterocycles. The third-order valence-corrected chi connectivity index (χ3v) is 6.13. The highest BCUT2D eigenvalue weighted by Crippen LogP contribution is 2.30. The molecule has 0 saturated carbocycles. The molecule has 1 fully saturated rings. The second kappa shape index (κ2) is 9.94. The summed E-state index contributed by atoms with van der Waals surface area (Å²) in [6, 6.07) is 9.07. The second-order valence-corrected chi connectivity index (χ2v) is 8.65. The van der Waals surface area contributed by atoms with Crippen LogP contribution in [0.25, 0.3) is 17.0 Å². The van der Waals surface area contributed by atoms with Crippen molar-refractivity contribution >= 4 is 23.3 Å². The van der Waals surface area contributed by atoms with Crippen LogP contribution in [-0.4, -0.2) is 58.3 Å². The highest BCUT2D eigenvalue weighted by atomic mass is 16.5. The molecule has 172 valence electrons. The number of ether oxygens (including phenoxy) is 1. The Balaban J connectivity index is 1.43. The molecule has 0 unspecified atom stereocenters. The summed E-state index contributed by atoms with van der Waals surface area (Å²) in [5.74, 6) is -0.142. The number of aliphatic imine (C=N–C) groups is 1. The van der Waals surface area contributed by atoms with Gasteiger partial charge in [0.2, 0.25) is 5.91 Å². The molecular weight excluding hydrogens is 418 g/mol. The minimum absolute atomic E-state index is 0.0549. The number of pyridine rings is 2. The summed E-state index contributed by atoms with van der Waals surface area (Å²) < 4.78 is 4.71. The molecule has 4 heterocycles. The molecule has 0 spiro atoms. The first kappa shape index (κ1) is 22.6. The lowest BCUT2D eigenvalue weighted by Gasteiger charge is -2.31. The average molecular weight is 448 g/mol. The Morgan fingerprint density at radius 3 is 2.64 bits per heavy atom. The second-order valence-electron chi connectivity index (χ2n) is 8.65. The van der Waals surface area contributed by atoms with E-state index in [0.29, 0.717) is 13.0 Å². The summed E-state index contributed by atoms with van der Waals surface area (Å²) in [5, 5.41) is 2.69. The Bertz CT molecular complexity index is 1060. The normalized spacial score (nSPS) is 18.7. The zero-order valence-electron chi connectivity index (χ0n) is 19.2. The van der Waals surface area contributed by atoms with Crippen LogP contribution in [0.2, 0.25) is 0 Å². The van der Waals surface area contributed by atoms with Gasteiger partial charge < -0.3 is 15.0 Å². The van der Waals surface area contributed by atoms with E-state index in [0.717, 1.165) is 41.1 Å². The smallest absolute Gasteiger partial charge is 0.407 e. The molecule has 2 amide bonds. The number of aromatic nitrogens is 2. The van der Waals surface area contributed by atoms with Gasteiger partial charge >= 0.3 is 6.09 Å². The molecule has 0 aliphatic carbocycles. The molecule has 0 bridgehead atoms. The lowest BCUT2D eigenvalue weighted by atomic mass is 9.98. The number of carbonyl (C=O) groups excluding carboxylic acids is 2. The molecule has 1 saturated heterocycles. The van der Waals surface area contributed by atoms with Gasteiger partial charge in [0.05, 0.1) is 24.5 Å². The number of hydrogen-bond acceptors (Lipinski definition) is 6. The van der Waals surface area contributed by atoms with Crippen molar-refractivity contribution in [1.29, 1.82) is 0 Å². The molecular formula is C25H29N5O3. The molecule has 8 heteroatoms. The molecule has 2 aromatic heterocycles. The van der Waals surface area contributed by atoms with Crippen LogP contribution < -0.4 is 5.32 Å². The van der Waals surface area contributed by atoms with E-state index in [1.807, 2.05) is 61.5 Å². The van der Waals surface area contributed by atoms with Crippen LogP contribution in [-0.2, 0) is 9.53 Å². The van der Waals surface area contributed by atoms with Crippen molar-refractivity contribution in [2.24, 2.45) is 10.9 Å². The molecule has 2 aromatic rings. The van der Waals surface area contributed by atoms with E-state index < -0.39 is 12.1 Å². The topological polar surface area (TPSA) is 96.8 Å². The number of alkyl carbamates (subject to hydrolysis) is 1. The van der Waals surface area contributed by atoms with Crippen LogP contribution in [0, 0.1) is 5.92 Å². The fourth-order valence-electron chi connectivity index (χ4n) is 4.33. The maximum atomic E-state index is 13.3. The number of allylic oxidation sites excluding steroid dienone is 1. The van der Waals surface area contributed by atoms with E-state index in [-0.39, 0.29) is 17.9 Å². The third kappa shape index (κ3) is 4.94. The predicted octanol–water partition coefficient (Wildman–Crippen LogP) is 3.70. The first-order chi connectivity index (χ1) is 16.0. The van der Waals surface area contributed by atoms with Gasteiger partial charge in [-0.05, 0) is 48.1 Å². The quantitative estimate of drug-likeness (QED) is 0.728. The summed E-state index contributed by atoms with van der Waals surface area (Å²) in [6.07, 6.45) is 7.34. The zero-order valence-corrected chi connectivity index (χ0v) is 19.2. The Morgan fingerprint density at radius 2 is 1.97 bits per heavy atom. The van der Waals surface area contributed by atoms with Crippen LogP contribution in [0.15, 0.2) is 53.9 Å². The van der Waals surface area contributed by atoms with Gasteiger partial charge in [0.25, 0.3) is 0 Å². The Hall–Kier alpha value is -3.55. The van der Waals surface area contributed by atoms with E-state index >= 15 is 0 Å². The van der Waals surface area contributed by atoms with E-state index in [1.54, 1.807) is 6.20 Å². The molecule has 2 aliphatic rings. The van der Waals surface area contributed by atoms with Crippen molar-refractivity contribution < 1.29 is 14.3 Å². The van der Waals surface area contributed by atoms with E-state index in [2.05, 4.69) is 20.3 Å². The SMILES string of the molecule is COC(=O)N[C@H](C(=O)N1CCC[C@H]1C1=NC=C(c2ccc(-c3ccccn3)nc2)C1)C(C)C. The van der Waals surface area contributed by atoms with Gasteiger partial charge in [-0.25, -0.2) is 4.79 Å². The number of nitrogens with one attached hydrogen (secondary N) is 1. The fraction of sp³-hybridized carbons (Fsp3) is 0.400. The first-order valence-electron chi connectivity index (χ1n) is 11.3. The first-order valence-corrected chi connectivity index (χ1v) is 11.3. The Morgan fingerprint density at radius 1 is 1.15 bits per heavy atom. The Kier molecular flexibility index (Phi) is 6.82. The summed E-state index contributed by atoms with van der Waals surface area (Å²) in [5.41, 5.74) is 4.73. The number of carbonyl (C=O) groups is 2. The summed E-state index contributed by atoms with van der Waals surface area (Å²) >= 11 is 0. The largest absolute Gasteiger partial charge is 0.453 e. The summed E-state index contributed by atoms with van der Waals surface area (Å²) in [4.78, 5) is 40.5. The van der Waals surface area contributed by atoms with Gasteiger partial charge in [0.1, 0.15) is 6.04 Å². The van der Waals surface area contributed by atoms with Gasteiger partial charge in [-0.1, -0.05) is 26.0 Å². The molecule has 4 rings (SSSR count). The molecule has 1 N–H and O–H groups in total. The van der Waals surface area contributed by atoms with Crippen molar-refractivity contribution in [2.75, 3.05) is 13.7 Å². The van der Waals surface area contributed by atoms with Crippen LogP contribution in [0.3, 0.4) is 0 Å². The number of rotatable bonds is 6. The summed E-state index contributed by atoms with van der Waals surface area (Å²) in [6.45, 7) is 4.49. The number of methoxy groups -OCH3 is 1. The number of hydrogen-bond donors (Lipinski definition) is 1. The van der Waals surface area contributed by atoms with Crippen molar-refractivity contribution in [3.05, 3.63) is 54.5 Å². The van der Waals surface area contributed by atoms with E-state index in [9.17, 15) is 9.59 Å². The molecule has 2 atom stereocenters. The maximum absolute atomic E-state index is 13.3. The van der Waals surface area contributed by atoms with Crippen LogP contribution in [0.1, 0.15) is 38.7 Å². The molecule has 0 radical (unpaired) electrons. The minimum Gasteiger partial charge on any atom is -0.453 e. The van der Waals surface area contributed by atoms with Gasteiger partial charge in [0, 0.05) is 37.3 Å². The number of amides is 2. The lowest BCUT2D eigenvalue weighted by Crippen LogP contribution is -2.53. The van der Waals surface area contributed by atoms with Gasteiger partial charge in [-0.15, -0.1) is 0 Å². The standard InChI is InChI=1S/C25H29N5O3/c1-16(2)23(29-25(32)33-3)24(31)30-12-6-8-22(30)21-13-18(15-28-21)17-9-10-20(27-14-17)19-7-4-5-11-26-19/h4-5,7,9-11,14-16,22-23H,6,8,12-13H2,1-3H3,(H,29,32)/t22-,23-/m0/s1. The Labute approximate surface area is 193 Å². The van der Waals surface area contributed by atoms with Crippen LogP contribution in [0.4, 0.5) is 4.79 Å². The highest BCUT2D eigenvalue weighted by molar-refractivity contribution is 6.03. The molecule has 8 nitrogen and oxygen atoms in total. The van der Waals surface area contributed by atoms with Crippen molar-refractivity contribution in [3.63, 3.8) is 0 Å². The van der Waals surface area contributed by atoms with E-state index in [4.69, 9.17) is 4.74 Å². The lowest BCUT2D eigenvalue weighted by molar-refractivity contribution is -0.134. The zero-order chi connectivity index (χ0) is 23.4. The average Bonchev–Trinajstić information content (AvgIpc) is 3.52. The molecule has 0 aromatic carbocycles. The van der Waals surface area contributed by atoms with Gasteiger partial charge in [0.15, 0.2) is 0 Å². The van der Waals surface area contributed by atoms with Gasteiger partial charge in [-0.2, -0.15) is 0 Å². The summed E-state index contributed by atoms with van der Waals surface area (Å²) in [7, 11) is 1.30. The number of nitrogens with zero attached hydrogens (tertiary/aromatic N) is 4. The van der Waals surface area contributed by atoms with Crippen molar-refractivity contribution in [2.45, 2.75) is 45.2 Å². The van der Waals surface area contributed by atoms with Crippen LogP contribution in [0.5, 0.6) is 0 Å². The van der Waals surface area contributed by atoms with Crippen molar-refractivity contribution in [1.82, 2.24) is 20.2 Å².